The first-order valence-corrected chi connectivity index (χ1v) is 12.7. The van der Waals surface area contributed by atoms with Crippen LogP contribution in [-0.4, -0.2) is 60.7 Å². The molecule has 1 aliphatic heterocycles. The number of benzene rings is 1. The number of nitrogens with one attached hydrogen (secondary N) is 1. The number of amides is 2. The Morgan fingerprint density at radius 3 is 2.21 bits per heavy atom. The van der Waals surface area contributed by atoms with Gasteiger partial charge in [-0.1, -0.05) is 6.07 Å². The van der Waals surface area contributed by atoms with Crippen molar-refractivity contribution < 1.29 is 31.2 Å². The number of piperidine rings is 1. The van der Waals surface area contributed by atoms with Crippen molar-refractivity contribution in [1.29, 1.82) is 0 Å². The molecule has 3 aliphatic rings. The molecule has 4 rings (SSSR count). The zero-order valence-electron chi connectivity index (χ0n) is 18.3. The van der Waals surface area contributed by atoms with Crippen LogP contribution in [0.4, 0.5) is 13.2 Å². The number of hydrogen-bond acceptors (Lipinski definition) is 4. The lowest BCUT2D eigenvalue weighted by molar-refractivity contribution is -0.138. The summed E-state index contributed by atoms with van der Waals surface area (Å²) in [5.74, 6) is -0.321. The first kappa shape index (κ1) is 24.0. The van der Waals surface area contributed by atoms with Gasteiger partial charge in [0.2, 0.25) is 21.8 Å². The van der Waals surface area contributed by atoms with Crippen LogP contribution in [0.3, 0.4) is 0 Å². The Morgan fingerprint density at radius 2 is 1.67 bits per heavy atom. The molecule has 0 unspecified atom stereocenters. The standard InChI is InChI=1S/C22H28F3N3O4S/c1-14(26-20(29)15-5-6-15)21(30)27-11-9-18(10-12-27)28(17-7-8-17)33(31,32)19-4-2-3-16(13-19)22(23,24)25/h2-4,13-15,17-18H,5-12H2,1H3,(H,26,29)/t14-/m0/s1. The van der Waals surface area contributed by atoms with Gasteiger partial charge in [0.1, 0.15) is 6.04 Å². The highest BCUT2D eigenvalue weighted by Gasteiger charge is 2.44. The second kappa shape index (κ2) is 8.90. The van der Waals surface area contributed by atoms with Gasteiger partial charge in [-0.3, -0.25) is 9.59 Å². The normalized spacial score (nSPS) is 21.2. The summed E-state index contributed by atoms with van der Waals surface area (Å²) in [5.41, 5.74) is -0.998. The molecule has 1 aromatic carbocycles. The van der Waals surface area contributed by atoms with Crippen LogP contribution in [0.5, 0.6) is 0 Å². The minimum absolute atomic E-state index is 0.000795. The van der Waals surface area contributed by atoms with Crippen LogP contribution in [0.1, 0.15) is 51.0 Å². The summed E-state index contributed by atoms with van der Waals surface area (Å²) >= 11 is 0. The summed E-state index contributed by atoms with van der Waals surface area (Å²) in [6, 6.07) is 2.58. The smallest absolute Gasteiger partial charge is 0.344 e. The van der Waals surface area contributed by atoms with Crippen molar-refractivity contribution in [2.24, 2.45) is 5.92 Å². The summed E-state index contributed by atoms with van der Waals surface area (Å²) in [4.78, 5) is 25.9. The van der Waals surface area contributed by atoms with E-state index >= 15 is 0 Å². The fourth-order valence-electron chi connectivity index (χ4n) is 4.33. The van der Waals surface area contributed by atoms with E-state index in [1.807, 2.05) is 0 Å². The van der Waals surface area contributed by atoms with Crippen LogP contribution in [0.15, 0.2) is 29.2 Å². The van der Waals surface area contributed by atoms with Gasteiger partial charge in [0.25, 0.3) is 0 Å². The maximum absolute atomic E-state index is 13.3. The number of nitrogens with zero attached hydrogens (tertiary/aromatic N) is 2. The number of halogens is 3. The predicted molar refractivity (Wildman–Crippen MR) is 113 cm³/mol. The van der Waals surface area contributed by atoms with E-state index in [0.29, 0.717) is 44.8 Å². The Labute approximate surface area is 191 Å². The molecule has 1 heterocycles. The molecule has 0 bridgehead atoms. The van der Waals surface area contributed by atoms with Crippen molar-refractivity contribution in [1.82, 2.24) is 14.5 Å². The van der Waals surface area contributed by atoms with Crippen LogP contribution in [0, 0.1) is 5.92 Å². The Morgan fingerprint density at radius 1 is 1.06 bits per heavy atom. The molecular formula is C22H28F3N3O4S. The molecule has 1 saturated heterocycles. The van der Waals surface area contributed by atoms with E-state index in [0.717, 1.165) is 25.0 Å². The Bertz CT molecular complexity index is 1010. The van der Waals surface area contributed by atoms with E-state index in [4.69, 9.17) is 0 Å². The highest BCUT2D eigenvalue weighted by Crippen LogP contribution is 2.38. The van der Waals surface area contributed by atoms with Crippen molar-refractivity contribution >= 4 is 21.8 Å². The van der Waals surface area contributed by atoms with Gasteiger partial charge in [-0.25, -0.2) is 8.42 Å². The Hall–Kier alpha value is -2.14. The lowest BCUT2D eigenvalue weighted by Crippen LogP contribution is -2.53. The van der Waals surface area contributed by atoms with E-state index in [-0.39, 0.29) is 28.7 Å². The third-order valence-corrected chi connectivity index (χ3v) is 8.46. The van der Waals surface area contributed by atoms with Crippen LogP contribution in [-0.2, 0) is 25.8 Å². The van der Waals surface area contributed by atoms with Gasteiger partial charge in [0, 0.05) is 31.1 Å². The van der Waals surface area contributed by atoms with E-state index in [9.17, 15) is 31.2 Å². The predicted octanol–water partition coefficient (Wildman–Crippen LogP) is 2.76. The molecule has 33 heavy (non-hydrogen) atoms. The van der Waals surface area contributed by atoms with Crippen LogP contribution < -0.4 is 5.32 Å². The number of carbonyl (C=O) groups excluding carboxylic acids is 2. The number of hydrogen-bond donors (Lipinski definition) is 1. The number of sulfonamides is 1. The summed E-state index contributed by atoms with van der Waals surface area (Å²) in [5, 5.41) is 2.74. The van der Waals surface area contributed by atoms with Crippen LogP contribution in [0.2, 0.25) is 0 Å². The molecule has 7 nitrogen and oxygen atoms in total. The highest BCUT2D eigenvalue weighted by molar-refractivity contribution is 7.89. The second-order valence-corrected chi connectivity index (χ2v) is 11.0. The molecule has 1 N–H and O–H groups in total. The summed E-state index contributed by atoms with van der Waals surface area (Å²) < 4.78 is 67.4. The molecule has 0 aromatic heterocycles. The third kappa shape index (κ3) is 5.34. The Balaban J connectivity index is 1.43. The molecule has 2 amide bonds. The zero-order valence-corrected chi connectivity index (χ0v) is 19.2. The molecule has 1 aromatic rings. The molecule has 3 fully saturated rings. The number of rotatable bonds is 7. The maximum atomic E-state index is 13.3. The van der Waals surface area contributed by atoms with Crippen LogP contribution in [0.25, 0.3) is 0 Å². The van der Waals surface area contributed by atoms with Gasteiger partial charge in [0.15, 0.2) is 0 Å². The highest BCUT2D eigenvalue weighted by atomic mass is 32.2. The molecule has 182 valence electrons. The van der Waals surface area contributed by atoms with Crippen molar-refractivity contribution in [3.05, 3.63) is 29.8 Å². The van der Waals surface area contributed by atoms with E-state index in [2.05, 4.69) is 5.32 Å². The summed E-state index contributed by atoms with van der Waals surface area (Å²) in [6.07, 6.45) is -0.825. The fraction of sp³-hybridized carbons (Fsp3) is 0.636. The molecule has 2 saturated carbocycles. The first-order valence-electron chi connectivity index (χ1n) is 11.3. The lowest BCUT2D eigenvalue weighted by atomic mass is 10.0. The minimum Gasteiger partial charge on any atom is -0.344 e. The van der Waals surface area contributed by atoms with Gasteiger partial charge in [-0.15, -0.1) is 0 Å². The maximum Gasteiger partial charge on any atom is 0.416 e. The third-order valence-electron chi connectivity index (χ3n) is 6.46. The molecule has 1 atom stereocenters. The molecule has 2 aliphatic carbocycles. The zero-order chi connectivity index (χ0) is 24.0. The van der Waals surface area contributed by atoms with Crippen LogP contribution >= 0.6 is 0 Å². The average Bonchev–Trinajstić information content (AvgIpc) is 3.67. The first-order chi connectivity index (χ1) is 15.5. The summed E-state index contributed by atoms with van der Waals surface area (Å²) in [6.45, 7) is 2.30. The summed E-state index contributed by atoms with van der Waals surface area (Å²) in [7, 11) is -4.12. The second-order valence-electron chi connectivity index (χ2n) is 9.15. The average molecular weight is 488 g/mol. The Kier molecular flexibility index (Phi) is 6.47. The minimum atomic E-state index is -4.63. The quantitative estimate of drug-likeness (QED) is 0.641. The SMILES string of the molecule is C[C@H](NC(=O)C1CC1)C(=O)N1CCC(N(C2CC2)S(=O)(=O)c2cccc(C(F)(F)F)c2)CC1. The van der Waals surface area contributed by atoms with Gasteiger partial charge < -0.3 is 10.2 Å². The van der Waals surface area contributed by atoms with Gasteiger partial charge in [0.05, 0.1) is 10.5 Å². The molecule has 0 spiro atoms. The number of alkyl halides is 3. The largest absolute Gasteiger partial charge is 0.416 e. The molecular weight excluding hydrogens is 459 g/mol. The molecule has 11 heteroatoms. The van der Waals surface area contributed by atoms with E-state index < -0.39 is 33.8 Å². The van der Waals surface area contributed by atoms with Gasteiger partial charge >= 0.3 is 6.18 Å². The number of likely N-dealkylation sites (tertiary alicyclic amines) is 1. The molecule has 0 radical (unpaired) electrons. The van der Waals surface area contributed by atoms with Crippen molar-refractivity contribution in [2.75, 3.05) is 13.1 Å². The topological polar surface area (TPSA) is 86.8 Å². The van der Waals surface area contributed by atoms with Crippen molar-refractivity contribution in [3.8, 4) is 0 Å². The monoisotopic (exact) mass is 487 g/mol. The van der Waals surface area contributed by atoms with Gasteiger partial charge in [-0.05, 0) is 63.6 Å². The fourth-order valence-corrected chi connectivity index (χ4v) is 6.30. The number of carbonyl (C=O) groups is 2. The van der Waals surface area contributed by atoms with E-state index in [1.54, 1.807) is 11.8 Å². The van der Waals surface area contributed by atoms with Gasteiger partial charge in [-0.2, -0.15) is 17.5 Å². The van der Waals surface area contributed by atoms with Crippen molar-refractivity contribution in [2.45, 2.75) is 74.6 Å². The van der Waals surface area contributed by atoms with Crippen molar-refractivity contribution in [3.63, 3.8) is 0 Å². The van der Waals surface area contributed by atoms with E-state index in [1.165, 1.54) is 10.4 Å². The lowest BCUT2D eigenvalue weighted by Gasteiger charge is -2.38.